The Balaban J connectivity index is 0.000000219. The third-order valence-corrected chi connectivity index (χ3v) is 2.87. The molecule has 5 nitrogen and oxygen atoms in total. The molecule has 0 saturated heterocycles. The zero-order chi connectivity index (χ0) is 15.7. The number of nitrogens with two attached hydrogens (primary N) is 1. The normalized spacial score (nSPS) is 10.9. The number of carbonyl (C=O) groups is 2. The summed E-state index contributed by atoms with van der Waals surface area (Å²) in [6.07, 6.45) is 3.69. The van der Waals surface area contributed by atoms with Gasteiger partial charge in [-0.1, -0.05) is 37.3 Å². The quantitative estimate of drug-likeness (QED) is 0.902. The van der Waals surface area contributed by atoms with Crippen LogP contribution < -0.4 is 5.73 Å². The van der Waals surface area contributed by atoms with Gasteiger partial charge in [-0.25, -0.2) is 0 Å². The van der Waals surface area contributed by atoms with Crippen LogP contribution in [0.5, 0.6) is 0 Å². The lowest BCUT2D eigenvalue weighted by Crippen LogP contribution is -2.10. The fourth-order valence-corrected chi connectivity index (χ4v) is 1.75. The first kappa shape index (κ1) is 16.4. The summed E-state index contributed by atoms with van der Waals surface area (Å²) >= 11 is 0. The zero-order valence-electron chi connectivity index (χ0n) is 11.8. The molecule has 1 aromatic carbocycles. The Morgan fingerprint density at radius 3 is 2.10 bits per heavy atom. The number of aromatic nitrogens is 1. The lowest BCUT2D eigenvalue weighted by molar-refractivity contribution is -0.138. The first-order valence-corrected chi connectivity index (χ1v) is 6.53. The molecule has 1 aromatic heterocycles. The van der Waals surface area contributed by atoms with Crippen molar-refractivity contribution in [2.45, 2.75) is 19.3 Å². The predicted molar refractivity (Wildman–Crippen MR) is 79.9 cm³/mol. The Kier molecular flexibility index (Phi) is 6.60. The number of carboxylic acids is 1. The van der Waals surface area contributed by atoms with Crippen LogP contribution in [0.15, 0.2) is 54.9 Å². The molecule has 0 aliphatic heterocycles. The third kappa shape index (κ3) is 5.44. The molecular formula is C16H18N2O3. The van der Waals surface area contributed by atoms with Crippen molar-refractivity contribution in [1.29, 1.82) is 0 Å². The topological polar surface area (TPSA) is 93.3 Å². The van der Waals surface area contributed by atoms with E-state index in [4.69, 9.17) is 10.8 Å². The monoisotopic (exact) mass is 286 g/mol. The number of benzene rings is 1. The van der Waals surface area contributed by atoms with Crippen molar-refractivity contribution in [2.24, 2.45) is 5.73 Å². The highest BCUT2D eigenvalue weighted by Gasteiger charge is 2.16. The average Bonchev–Trinajstić information content (AvgIpc) is 2.50. The summed E-state index contributed by atoms with van der Waals surface area (Å²) < 4.78 is 0. The molecule has 0 spiro atoms. The van der Waals surface area contributed by atoms with Gasteiger partial charge in [0.1, 0.15) is 0 Å². The molecule has 21 heavy (non-hydrogen) atoms. The van der Waals surface area contributed by atoms with Crippen LogP contribution in [-0.2, 0) is 4.79 Å². The number of aliphatic carboxylic acids is 1. The first-order valence-electron chi connectivity index (χ1n) is 6.53. The minimum atomic E-state index is -0.747. The van der Waals surface area contributed by atoms with E-state index in [1.165, 1.54) is 12.4 Å². The maximum Gasteiger partial charge on any atom is 0.310 e. The molecule has 1 amide bonds. The van der Waals surface area contributed by atoms with E-state index in [-0.39, 0.29) is 5.92 Å². The first-order chi connectivity index (χ1) is 10.1. The van der Waals surface area contributed by atoms with Gasteiger partial charge in [0.05, 0.1) is 5.92 Å². The van der Waals surface area contributed by atoms with Crippen LogP contribution in [-0.4, -0.2) is 22.0 Å². The Labute approximate surface area is 123 Å². The van der Waals surface area contributed by atoms with E-state index in [1.807, 2.05) is 37.3 Å². The summed E-state index contributed by atoms with van der Waals surface area (Å²) in [5.41, 5.74) is 6.32. The predicted octanol–water partition coefficient (Wildman–Crippen LogP) is 2.45. The number of primary amides is 1. The number of pyridine rings is 1. The minimum absolute atomic E-state index is 0.355. The Hall–Kier alpha value is -2.69. The Morgan fingerprint density at radius 2 is 1.71 bits per heavy atom. The highest BCUT2D eigenvalue weighted by molar-refractivity contribution is 5.92. The molecule has 1 atom stereocenters. The molecule has 0 radical (unpaired) electrons. The second-order valence-corrected chi connectivity index (χ2v) is 4.31. The SMILES string of the molecule is CC[C@H](C(=O)O)c1ccccc1.NC(=O)c1ccncc1. The largest absolute Gasteiger partial charge is 0.481 e. The van der Waals surface area contributed by atoms with Gasteiger partial charge in [-0.2, -0.15) is 0 Å². The summed E-state index contributed by atoms with van der Waals surface area (Å²) in [5.74, 6) is -1.52. The van der Waals surface area contributed by atoms with E-state index in [9.17, 15) is 9.59 Å². The van der Waals surface area contributed by atoms with Crippen LogP contribution in [0.4, 0.5) is 0 Å². The van der Waals surface area contributed by atoms with Crippen LogP contribution >= 0.6 is 0 Å². The number of nitrogens with zero attached hydrogens (tertiary/aromatic N) is 1. The van der Waals surface area contributed by atoms with E-state index >= 15 is 0 Å². The second kappa shape index (κ2) is 8.47. The second-order valence-electron chi connectivity index (χ2n) is 4.31. The van der Waals surface area contributed by atoms with Crippen LogP contribution in [0.2, 0.25) is 0 Å². The van der Waals surface area contributed by atoms with Gasteiger partial charge in [0.15, 0.2) is 0 Å². The maximum atomic E-state index is 10.7. The van der Waals surface area contributed by atoms with Crippen molar-refractivity contribution in [3.8, 4) is 0 Å². The van der Waals surface area contributed by atoms with Crippen LogP contribution in [0.25, 0.3) is 0 Å². The number of amides is 1. The fraction of sp³-hybridized carbons (Fsp3) is 0.188. The number of carbonyl (C=O) groups excluding carboxylic acids is 1. The van der Waals surface area contributed by atoms with Gasteiger partial charge in [-0.05, 0) is 24.1 Å². The van der Waals surface area contributed by atoms with Gasteiger partial charge >= 0.3 is 5.97 Å². The smallest absolute Gasteiger partial charge is 0.310 e. The van der Waals surface area contributed by atoms with Crippen molar-refractivity contribution in [1.82, 2.24) is 4.98 Å². The Bertz CT molecular complexity index is 571. The minimum Gasteiger partial charge on any atom is -0.481 e. The van der Waals surface area contributed by atoms with E-state index in [1.54, 1.807) is 12.1 Å². The maximum absolute atomic E-state index is 10.7. The van der Waals surface area contributed by atoms with Gasteiger partial charge in [0.2, 0.25) is 5.91 Å². The van der Waals surface area contributed by atoms with Crippen molar-refractivity contribution in [3.63, 3.8) is 0 Å². The Morgan fingerprint density at radius 1 is 1.14 bits per heavy atom. The molecule has 1 heterocycles. The molecule has 110 valence electrons. The molecule has 2 rings (SSSR count). The van der Waals surface area contributed by atoms with Crippen LogP contribution in [0, 0.1) is 0 Å². The van der Waals surface area contributed by atoms with Gasteiger partial charge < -0.3 is 10.8 Å². The van der Waals surface area contributed by atoms with Gasteiger partial charge in [-0.3, -0.25) is 14.6 Å². The summed E-state index contributed by atoms with van der Waals surface area (Å²) in [4.78, 5) is 24.8. The average molecular weight is 286 g/mol. The molecule has 5 heteroatoms. The van der Waals surface area contributed by atoms with Gasteiger partial charge in [0.25, 0.3) is 0 Å². The number of carboxylic acid groups (broad SMARTS) is 1. The number of rotatable bonds is 4. The molecule has 3 N–H and O–H groups in total. The zero-order valence-corrected chi connectivity index (χ0v) is 11.8. The highest BCUT2D eigenvalue weighted by atomic mass is 16.4. The molecule has 2 aromatic rings. The van der Waals surface area contributed by atoms with Crippen molar-refractivity contribution < 1.29 is 14.7 Å². The highest BCUT2D eigenvalue weighted by Crippen LogP contribution is 2.18. The molecule has 0 aliphatic carbocycles. The third-order valence-electron chi connectivity index (χ3n) is 2.87. The summed E-state index contributed by atoms with van der Waals surface area (Å²) in [6, 6.07) is 12.5. The van der Waals surface area contributed by atoms with Gasteiger partial charge in [0, 0.05) is 18.0 Å². The van der Waals surface area contributed by atoms with Crippen molar-refractivity contribution in [3.05, 3.63) is 66.0 Å². The molecule has 0 aliphatic rings. The lowest BCUT2D eigenvalue weighted by Gasteiger charge is -2.08. The lowest BCUT2D eigenvalue weighted by atomic mass is 9.97. The van der Waals surface area contributed by atoms with E-state index < -0.39 is 11.9 Å². The molecule has 0 bridgehead atoms. The molecule has 0 fully saturated rings. The van der Waals surface area contributed by atoms with E-state index in [0.29, 0.717) is 12.0 Å². The molecule has 0 unspecified atom stereocenters. The van der Waals surface area contributed by atoms with Crippen molar-refractivity contribution in [2.75, 3.05) is 0 Å². The molecular weight excluding hydrogens is 268 g/mol. The van der Waals surface area contributed by atoms with E-state index in [2.05, 4.69) is 4.98 Å². The van der Waals surface area contributed by atoms with Crippen molar-refractivity contribution >= 4 is 11.9 Å². The number of hydrogen-bond acceptors (Lipinski definition) is 3. The summed E-state index contributed by atoms with van der Waals surface area (Å²) in [6.45, 7) is 1.88. The van der Waals surface area contributed by atoms with Crippen LogP contribution in [0.1, 0.15) is 35.2 Å². The van der Waals surface area contributed by atoms with Crippen LogP contribution in [0.3, 0.4) is 0 Å². The standard InChI is InChI=1S/C10H12O2.C6H6N2O/c1-2-9(10(11)12)8-6-4-3-5-7-8;7-6(9)5-1-3-8-4-2-5/h3-7,9H,2H2,1H3,(H,11,12);1-4H,(H2,7,9)/t9-;/m0./s1. The van der Waals surface area contributed by atoms with Gasteiger partial charge in [-0.15, -0.1) is 0 Å². The summed E-state index contributed by atoms with van der Waals surface area (Å²) in [7, 11) is 0. The fourth-order valence-electron chi connectivity index (χ4n) is 1.75. The molecule has 0 saturated carbocycles. The summed E-state index contributed by atoms with van der Waals surface area (Å²) in [5, 5.41) is 8.83. The number of hydrogen-bond donors (Lipinski definition) is 2. The van der Waals surface area contributed by atoms with E-state index in [0.717, 1.165) is 5.56 Å².